The van der Waals surface area contributed by atoms with E-state index >= 15 is 0 Å². The lowest BCUT2D eigenvalue weighted by Crippen LogP contribution is -2.30. The van der Waals surface area contributed by atoms with Gasteiger partial charge in [0, 0.05) is 11.1 Å². The number of hydrogen-bond acceptors (Lipinski definition) is 5. The van der Waals surface area contributed by atoms with E-state index in [1.807, 2.05) is 6.92 Å². The Hall–Kier alpha value is -2.67. The molecular weight excluding hydrogens is 322 g/mol. The highest BCUT2D eigenvalue weighted by molar-refractivity contribution is 6.30. The van der Waals surface area contributed by atoms with E-state index in [1.165, 1.54) is 12.1 Å². The molecule has 1 atom stereocenters. The molecule has 0 saturated carbocycles. The first kappa shape index (κ1) is 16.7. The van der Waals surface area contributed by atoms with Gasteiger partial charge in [-0.05, 0) is 43.7 Å². The number of carbonyl (C=O) groups is 1. The fourth-order valence-electron chi connectivity index (χ4n) is 1.78. The molecule has 0 fully saturated rings. The molecular formula is C15H14ClN3O4. The first-order valence-corrected chi connectivity index (χ1v) is 7.08. The molecule has 0 aliphatic rings. The van der Waals surface area contributed by atoms with Crippen molar-refractivity contribution in [3.63, 3.8) is 0 Å². The molecule has 8 heteroatoms. The van der Waals surface area contributed by atoms with Crippen molar-refractivity contribution in [2.45, 2.75) is 20.0 Å². The van der Waals surface area contributed by atoms with Crippen molar-refractivity contribution >= 4 is 29.0 Å². The summed E-state index contributed by atoms with van der Waals surface area (Å²) in [5.41, 5.74) is 0.662. The molecule has 1 heterocycles. The Balaban J connectivity index is 2.00. The predicted octanol–water partition coefficient (Wildman–Crippen LogP) is 3.36. The molecule has 0 spiro atoms. The number of aromatic nitrogens is 1. The second-order valence-corrected chi connectivity index (χ2v) is 5.25. The molecule has 2 rings (SSSR count). The van der Waals surface area contributed by atoms with Gasteiger partial charge in [0.15, 0.2) is 6.10 Å². The summed E-state index contributed by atoms with van der Waals surface area (Å²) in [7, 11) is 0. The van der Waals surface area contributed by atoms with Crippen LogP contribution in [0.4, 0.5) is 11.5 Å². The Bertz CT molecular complexity index is 734. The Morgan fingerprint density at radius 2 is 2.13 bits per heavy atom. The molecule has 1 aromatic carbocycles. The fourth-order valence-corrected chi connectivity index (χ4v) is 2.01. The maximum atomic E-state index is 12.1. The lowest BCUT2D eigenvalue weighted by Gasteiger charge is -2.16. The van der Waals surface area contributed by atoms with E-state index in [1.54, 1.807) is 25.1 Å². The predicted molar refractivity (Wildman–Crippen MR) is 85.8 cm³/mol. The molecule has 0 radical (unpaired) electrons. The van der Waals surface area contributed by atoms with E-state index in [-0.39, 0.29) is 11.5 Å². The summed E-state index contributed by atoms with van der Waals surface area (Å²) in [6.07, 6.45) is 0.302. The summed E-state index contributed by atoms with van der Waals surface area (Å²) < 4.78 is 5.59. The van der Waals surface area contributed by atoms with Gasteiger partial charge < -0.3 is 10.1 Å². The molecule has 0 unspecified atom stereocenters. The maximum absolute atomic E-state index is 12.1. The van der Waals surface area contributed by atoms with Crippen LogP contribution in [0.15, 0.2) is 36.5 Å². The molecule has 0 saturated heterocycles. The first-order valence-electron chi connectivity index (χ1n) is 6.71. The molecule has 1 N–H and O–H groups in total. The average Bonchev–Trinajstić information content (AvgIpc) is 2.50. The van der Waals surface area contributed by atoms with Gasteiger partial charge in [0.05, 0.1) is 4.92 Å². The zero-order chi connectivity index (χ0) is 17.0. The summed E-state index contributed by atoms with van der Waals surface area (Å²) >= 11 is 5.87. The van der Waals surface area contributed by atoms with Crippen molar-refractivity contribution in [2.24, 2.45) is 0 Å². The molecule has 23 heavy (non-hydrogen) atoms. The number of carbonyl (C=O) groups excluding carboxylic acids is 1. The highest BCUT2D eigenvalue weighted by atomic mass is 35.5. The summed E-state index contributed by atoms with van der Waals surface area (Å²) in [6, 6.07) is 7.71. The summed E-state index contributed by atoms with van der Waals surface area (Å²) in [6.45, 7) is 3.42. The molecule has 0 bridgehead atoms. The van der Waals surface area contributed by atoms with Crippen molar-refractivity contribution in [2.75, 3.05) is 5.32 Å². The van der Waals surface area contributed by atoms with Gasteiger partial charge >= 0.3 is 0 Å². The Morgan fingerprint density at radius 3 is 2.70 bits per heavy atom. The SMILES string of the molecule is Cc1cc(Cl)ccc1O[C@H](C)C(=O)Nc1ccc([N+](=O)[O-])cn1. The van der Waals surface area contributed by atoms with Crippen LogP contribution >= 0.6 is 11.6 Å². The normalized spacial score (nSPS) is 11.6. The van der Waals surface area contributed by atoms with Gasteiger partial charge in [-0.2, -0.15) is 0 Å². The van der Waals surface area contributed by atoms with E-state index in [0.29, 0.717) is 10.8 Å². The van der Waals surface area contributed by atoms with Gasteiger partial charge in [-0.1, -0.05) is 11.6 Å². The minimum Gasteiger partial charge on any atom is -0.481 e. The van der Waals surface area contributed by atoms with Gasteiger partial charge in [0.25, 0.3) is 11.6 Å². The first-order chi connectivity index (χ1) is 10.9. The number of amides is 1. The van der Waals surface area contributed by atoms with Crippen molar-refractivity contribution in [3.05, 3.63) is 57.2 Å². The molecule has 0 aliphatic carbocycles. The third-order valence-corrected chi connectivity index (χ3v) is 3.26. The van der Waals surface area contributed by atoms with Crippen LogP contribution in [-0.2, 0) is 4.79 Å². The summed E-state index contributed by atoms with van der Waals surface area (Å²) in [5.74, 6) is 0.346. The average molecular weight is 336 g/mol. The zero-order valence-corrected chi connectivity index (χ0v) is 13.2. The number of ether oxygens (including phenoxy) is 1. The number of pyridine rings is 1. The molecule has 0 aliphatic heterocycles. The van der Waals surface area contributed by atoms with Crippen LogP contribution in [-0.4, -0.2) is 21.9 Å². The summed E-state index contributed by atoms with van der Waals surface area (Å²) in [4.78, 5) is 25.9. The molecule has 7 nitrogen and oxygen atoms in total. The van der Waals surface area contributed by atoms with Crippen LogP contribution in [0.1, 0.15) is 12.5 Å². The number of anilines is 1. The Labute approximate surface area is 137 Å². The van der Waals surface area contributed by atoms with Crippen molar-refractivity contribution < 1.29 is 14.5 Å². The van der Waals surface area contributed by atoms with Crippen LogP contribution in [0.2, 0.25) is 5.02 Å². The number of rotatable bonds is 5. The molecule has 1 amide bonds. The van der Waals surface area contributed by atoms with Crippen LogP contribution in [0, 0.1) is 17.0 Å². The van der Waals surface area contributed by atoms with E-state index in [0.717, 1.165) is 11.8 Å². The van der Waals surface area contributed by atoms with Crippen molar-refractivity contribution in [3.8, 4) is 5.75 Å². The smallest absolute Gasteiger partial charge is 0.287 e. The number of halogens is 1. The van der Waals surface area contributed by atoms with Crippen molar-refractivity contribution in [1.82, 2.24) is 4.98 Å². The topological polar surface area (TPSA) is 94.4 Å². The zero-order valence-electron chi connectivity index (χ0n) is 12.4. The van der Waals surface area contributed by atoms with E-state index in [4.69, 9.17) is 16.3 Å². The lowest BCUT2D eigenvalue weighted by atomic mass is 10.2. The van der Waals surface area contributed by atoms with E-state index in [2.05, 4.69) is 10.3 Å². The number of aryl methyl sites for hydroxylation is 1. The number of hydrogen-bond donors (Lipinski definition) is 1. The van der Waals surface area contributed by atoms with Gasteiger partial charge in [-0.25, -0.2) is 4.98 Å². The third kappa shape index (κ3) is 4.40. The standard InChI is InChI=1S/C15H14ClN3O4/c1-9-7-11(16)3-5-13(9)23-10(2)15(20)18-14-6-4-12(8-17-14)19(21)22/h3-8,10H,1-2H3,(H,17,18,20)/t10-/m1/s1. The van der Waals surface area contributed by atoms with Gasteiger partial charge in [-0.15, -0.1) is 0 Å². The quantitative estimate of drug-likeness (QED) is 0.667. The minimum absolute atomic E-state index is 0.149. The maximum Gasteiger partial charge on any atom is 0.287 e. The van der Waals surface area contributed by atoms with Crippen LogP contribution in [0.3, 0.4) is 0 Å². The summed E-state index contributed by atoms with van der Waals surface area (Å²) in [5, 5.41) is 13.7. The number of benzene rings is 1. The van der Waals surface area contributed by atoms with Crippen LogP contribution < -0.4 is 10.1 Å². The van der Waals surface area contributed by atoms with Crippen LogP contribution in [0.5, 0.6) is 5.75 Å². The van der Waals surface area contributed by atoms with Gasteiger partial charge in [-0.3, -0.25) is 14.9 Å². The largest absolute Gasteiger partial charge is 0.481 e. The minimum atomic E-state index is -0.771. The fraction of sp³-hybridized carbons (Fsp3) is 0.200. The highest BCUT2D eigenvalue weighted by Gasteiger charge is 2.17. The Morgan fingerprint density at radius 1 is 1.39 bits per heavy atom. The Kier molecular flexibility index (Phi) is 5.13. The highest BCUT2D eigenvalue weighted by Crippen LogP contribution is 2.23. The number of nitro groups is 1. The molecule has 120 valence electrons. The van der Waals surface area contributed by atoms with E-state index in [9.17, 15) is 14.9 Å². The second kappa shape index (κ2) is 7.06. The van der Waals surface area contributed by atoms with Gasteiger partial charge in [0.2, 0.25) is 0 Å². The number of nitrogens with one attached hydrogen (secondary N) is 1. The monoisotopic (exact) mass is 335 g/mol. The lowest BCUT2D eigenvalue weighted by molar-refractivity contribution is -0.385. The third-order valence-electron chi connectivity index (χ3n) is 3.02. The second-order valence-electron chi connectivity index (χ2n) is 4.82. The molecule has 1 aromatic heterocycles. The van der Waals surface area contributed by atoms with Crippen molar-refractivity contribution in [1.29, 1.82) is 0 Å². The molecule has 2 aromatic rings. The van der Waals surface area contributed by atoms with Crippen LogP contribution in [0.25, 0.3) is 0 Å². The van der Waals surface area contributed by atoms with Gasteiger partial charge in [0.1, 0.15) is 17.8 Å². The van der Waals surface area contributed by atoms with E-state index < -0.39 is 16.9 Å². The number of nitrogens with zero attached hydrogens (tertiary/aromatic N) is 2.